The fourth-order valence-corrected chi connectivity index (χ4v) is 2.70. The molecule has 0 unspecified atom stereocenters. The number of hydrogen-bond donors (Lipinski definition) is 0. The summed E-state index contributed by atoms with van der Waals surface area (Å²) in [6.45, 7) is 14.4. The van der Waals surface area contributed by atoms with Crippen LogP contribution in [-0.4, -0.2) is 12.6 Å². The van der Waals surface area contributed by atoms with Crippen LogP contribution in [0.1, 0.15) is 33.6 Å². The zero-order chi connectivity index (χ0) is 12.3. The molecule has 0 bridgehead atoms. The Hall–Kier alpha value is -1.05. The third-order valence-corrected chi connectivity index (χ3v) is 3.55. The van der Waals surface area contributed by atoms with E-state index in [0.29, 0.717) is 24.0 Å². The first-order valence-electron chi connectivity index (χ1n) is 6.00. The average Bonchev–Trinajstić information content (AvgIpc) is 2.59. The maximum Gasteiger partial charge on any atom is 0.333 e. The first-order valence-corrected chi connectivity index (χ1v) is 6.00. The van der Waals surface area contributed by atoms with E-state index in [4.69, 9.17) is 4.74 Å². The Morgan fingerprint density at radius 1 is 1.38 bits per heavy atom. The van der Waals surface area contributed by atoms with Crippen molar-refractivity contribution in [2.75, 3.05) is 6.61 Å². The molecule has 0 aromatic carbocycles. The average molecular weight is 222 g/mol. The normalized spacial score (nSPS) is 28.8. The minimum atomic E-state index is -0.243. The van der Waals surface area contributed by atoms with Gasteiger partial charge in [0.15, 0.2) is 0 Å². The van der Waals surface area contributed by atoms with Crippen molar-refractivity contribution in [2.45, 2.75) is 33.6 Å². The van der Waals surface area contributed by atoms with E-state index in [0.717, 1.165) is 18.4 Å². The van der Waals surface area contributed by atoms with Crippen molar-refractivity contribution in [1.82, 2.24) is 0 Å². The molecule has 1 rings (SSSR count). The highest BCUT2D eigenvalue weighted by Crippen LogP contribution is 2.44. The maximum atomic E-state index is 11.7. The number of ether oxygens (including phenoxy) is 1. The Morgan fingerprint density at radius 3 is 2.50 bits per heavy atom. The monoisotopic (exact) mass is 222 g/mol. The first kappa shape index (κ1) is 13.0. The summed E-state index contributed by atoms with van der Waals surface area (Å²) in [6, 6.07) is 0. The maximum absolute atomic E-state index is 11.7. The molecule has 0 spiro atoms. The minimum absolute atomic E-state index is 0.219. The van der Waals surface area contributed by atoms with Crippen LogP contribution < -0.4 is 0 Å². The first-order chi connectivity index (χ1) is 7.49. The van der Waals surface area contributed by atoms with E-state index in [1.54, 1.807) is 0 Å². The molecule has 0 aromatic rings. The van der Waals surface area contributed by atoms with E-state index in [2.05, 4.69) is 20.1 Å². The van der Waals surface area contributed by atoms with Crippen molar-refractivity contribution in [1.29, 1.82) is 0 Å². The van der Waals surface area contributed by atoms with Gasteiger partial charge in [-0.2, -0.15) is 0 Å². The van der Waals surface area contributed by atoms with Crippen LogP contribution in [0.5, 0.6) is 0 Å². The molecule has 0 aromatic heterocycles. The van der Waals surface area contributed by atoms with Crippen molar-refractivity contribution in [3.63, 3.8) is 0 Å². The molecule has 90 valence electrons. The summed E-state index contributed by atoms with van der Waals surface area (Å²) in [4.78, 5) is 11.7. The highest BCUT2D eigenvalue weighted by Gasteiger charge is 2.38. The Bertz CT molecular complexity index is 304. The van der Waals surface area contributed by atoms with Gasteiger partial charge in [-0.25, -0.2) is 4.79 Å². The Morgan fingerprint density at radius 2 is 2.00 bits per heavy atom. The fraction of sp³-hybridized carbons (Fsp3) is 0.643. The number of carbonyl (C=O) groups excluding carboxylic acids is 1. The predicted octanol–water partition coefficient (Wildman–Crippen LogP) is 3.34. The molecular formula is C14H22O2. The Kier molecular flexibility index (Phi) is 4.34. The molecular weight excluding hydrogens is 200 g/mol. The molecule has 2 heteroatoms. The van der Waals surface area contributed by atoms with Crippen LogP contribution in [0.3, 0.4) is 0 Å². The summed E-state index contributed by atoms with van der Waals surface area (Å²) in [7, 11) is 0. The summed E-state index contributed by atoms with van der Waals surface area (Å²) in [6.07, 6.45) is 2.25. The summed E-state index contributed by atoms with van der Waals surface area (Å²) in [5.74, 6) is 0.870. The van der Waals surface area contributed by atoms with Gasteiger partial charge in [-0.15, -0.1) is 0 Å². The molecule has 0 aliphatic heterocycles. The number of esters is 1. The quantitative estimate of drug-likeness (QED) is 0.414. The van der Waals surface area contributed by atoms with Crippen LogP contribution in [0.25, 0.3) is 0 Å². The lowest BCUT2D eigenvalue weighted by Gasteiger charge is -2.24. The molecule has 1 saturated carbocycles. The van der Waals surface area contributed by atoms with Crippen LogP contribution in [0, 0.1) is 17.8 Å². The molecule has 1 aliphatic carbocycles. The zero-order valence-electron chi connectivity index (χ0n) is 10.6. The molecule has 0 radical (unpaired) electrons. The summed E-state index contributed by atoms with van der Waals surface area (Å²) < 4.78 is 5.02. The lowest BCUT2D eigenvalue weighted by Crippen LogP contribution is -2.22. The van der Waals surface area contributed by atoms with Crippen molar-refractivity contribution < 1.29 is 9.53 Å². The van der Waals surface area contributed by atoms with Gasteiger partial charge in [0.05, 0.1) is 6.61 Å². The second kappa shape index (κ2) is 5.33. The van der Waals surface area contributed by atoms with E-state index in [1.165, 1.54) is 0 Å². The van der Waals surface area contributed by atoms with Gasteiger partial charge in [-0.3, -0.25) is 0 Å². The molecule has 0 heterocycles. The van der Waals surface area contributed by atoms with E-state index < -0.39 is 0 Å². The molecule has 0 amide bonds. The molecule has 0 saturated heterocycles. The molecule has 3 atom stereocenters. The standard InChI is InChI=1S/C14H22O2/c1-6-16-14(15)11(5)13-10(4)7-8-12(13)9(2)3/h10,12-13H,2,5-8H2,1,3-4H3/t10-,12-,13-/m1/s1. The van der Waals surface area contributed by atoms with Crippen LogP contribution >= 0.6 is 0 Å². The lowest BCUT2D eigenvalue weighted by molar-refractivity contribution is -0.139. The van der Waals surface area contributed by atoms with E-state index in [9.17, 15) is 4.79 Å². The Labute approximate surface area is 98.4 Å². The van der Waals surface area contributed by atoms with Gasteiger partial charge in [0, 0.05) is 5.57 Å². The van der Waals surface area contributed by atoms with Crippen LogP contribution in [0.15, 0.2) is 24.3 Å². The Balaban J connectivity index is 2.79. The van der Waals surface area contributed by atoms with Crippen molar-refractivity contribution in [3.8, 4) is 0 Å². The minimum Gasteiger partial charge on any atom is -0.463 e. The molecule has 0 N–H and O–H groups in total. The van der Waals surface area contributed by atoms with Gasteiger partial charge in [-0.05, 0) is 44.4 Å². The molecule has 1 aliphatic rings. The summed E-state index contributed by atoms with van der Waals surface area (Å²) in [5.41, 5.74) is 1.78. The number of hydrogen-bond acceptors (Lipinski definition) is 2. The largest absolute Gasteiger partial charge is 0.463 e. The van der Waals surface area contributed by atoms with Gasteiger partial charge in [0.25, 0.3) is 0 Å². The number of allylic oxidation sites excluding steroid dienone is 1. The SMILES string of the molecule is C=C(C(=O)OCC)[C@H]1[C@H](C)CC[C@@H]1C(=C)C. The predicted molar refractivity (Wildman–Crippen MR) is 66.0 cm³/mol. The van der Waals surface area contributed by atoms with E-state index >= 15 is 0 Å². The van der Waals surface area contributed by atoms with Gasteiger partial charge in [0.2, 0.25) is 0 Å². The molecule has 1 fully saturated rings. The van der Waals surface area contributed by atoms with E-state index in [-0.39, 0.29) is 11.9 Å². The summed E-state index contributed by atoms with van der Waals surface area (Å²) >= 11 is 0. The molecule has 2 nitrogen and oxygen atoms in total. The van der Waals surface area contributed by atoms with Gasteiger partial charge < -0.3 is 4.74 Å². The topological polar surface area (TPSA) is 26.3 Å². The fourth-order valence-electron chi connectivity index (χ4n) is 2.70. The number of carbonyl (C=O) groups is 1. The lowest BCUT2D eigenvalue weighted by atomic mass is 9.81. The van der Waals surface area contributed by atoms with Gasteiger partial charge >= 0.3 is 5.97 Å². The highest BCUT2D eigenvalue weighted by atomic mass is 16.5. The smallest absolute Gasteiger partial charge is 0.333 e. The zero-order valence-corrected chi connectivity index (χ0v) is 10.6. The van der Waals surface area contributed by atoms with Crippen molar-refractivity contribution in [3.05, 3.63) is 24.3 Å². The molecule has 16 heavy (non-hydrogen) atoms. The third kappa shape index (κ3) is 2.55. The van der Waals surface area contributed by atoms with E-state index in [1.807, 2.05) is 13.8 Å². The number of rotatable bonds is 4. The summed E-state index contributed by atoms with van der Waals surface area (Å²) in [5, 5.41) is 0. The van der Waals surface area contributed by atoms with Crippen LogP contribution in [0.4, 0.5) is 0 Å². The second-order valence-electron chi connectivity index (χ2n) is 4.78. The van der Waals surface area contributed by atoms with Crippen molar-refractivity contribution >= 4 is 5.97 Å². The third-order valence-electron chi connectivity index (χ3n) is 3.55. The van der Waals surface area contributed by atoms with Gasteiger partial charge in [-0.1, -0.05) is 25.7 Å². The van der Waals surface area contributed by atoms with Crippen LogP contribution in [0.2, 0.25) is 0 Å². The van der Waals surface area contributed by atoms with Crippen molar-refractivity contribution in [2.24, 2.45) is 17.8 Å². The van der Waals surface area contributed by atoms with Gasteiger partial charge in [0.1, 0.15) is 0 Å². The second-order valence-corrected chi connectivity index (χ2v) is 4.78. The highest BCUT2D eigenvalue weighted by molar-refractivity contribution is 5.88. The van der Waals surface area contributed by atoms with Crippen LogP contribution in [-0.2, 0) is 9.53 Å².